The van der Waals surface area contributed by atoms with Crippen molar-refractivity contribution in [2.24, 2.45) is 11.5 Å². The summed E-state index contributed by atoms with van der Waals surface area (Å²) in [6.07, 6.45) is 1.83. The minimum absolute atomic E-state index is 0.0840. The van der Waals surface area contributed by atoms with Crippen LogP contribution in [0.15, 0.2) is 30.3 Å². The molecule has 0 aromatic heterocycles. The third-order valence-corrected chi connectivity index (χ3v) is 5.30. The smallest absolute Gasteiger partial charge is 0.326 e. The van der Waals surface area contributed by atoms with Gasteiger partial charge >= 0.3 is 5.97 Å². The van der Waals surface area contributed by atoms with Crippen LogP contribution in [0.5, 0.6) is 0 Å². The highest BCUT2D eigenvalue weighted by Gasteiger charge is 2.29. The number of benzene rings is 1. The topological polar surface area (TPSA) is 194 Å². The number of nitrogens with two attached hydrogens (primary N) is 2. The molecule has 182 valence electrons. The Morgan fingerprint density at radius 3 is 2.09 bits per heavy atom. The van der Waals surface area contributed by atoms with Crippen LogP contribution in [0.1, 0.15) is 24.8 Å². The summed E-state index contributed by atoms with van der Waals surface area (Å²) in [5, 5.41) is 16.9. The second-order valence-corrected chi connectivity index (χ2v) is 8.25. The standard InChI is InChI=1S/C21H31N5O6S/c1-33-10-9-14(24-18(28)12-22)19(29)26-16(11-13-5-3-2-4-6-13)20(30)25-15(21(31)32)7-8-17(23)27/h2-6,14-16H,7-12,22H2,1H3,(H2,23,27)(H,24,28)(H,25,30)(H,26,29)(H,31,32). The van der Waals surface area contributed by atoms with Crippen molar-refractivity contribution < 1.29 is 29.1 Å². The van der Waals surface area contributed by atoms with Gasteiger partial charge in [0.1, 0.15) is 18.1 Å². The number of hydrogen-bond acceptors (Lipinski definition) is 7. The van der Waals surface area contributed by atoms with E-state index in [9.17, 15) is 29.1 Å². The fraction of sp³-hybridized carbons (Fsp3) is 0.476. The molecule has 8 N–H and O–H groups in total. The Kier molecular flexibility index (Phi) is 12.6. The van der Waals surface area contributed by atoms with Gasteiger partial charge in [-0.15, -0.1) is 0 Å². The maximum atomic E-state index is 12.9. The molecule has 1 aromatic rings. The summed E-state index contributed by atoms with van der Waals surface area (Å²) >= 11 is 1.48. The van der Waals surface area contributed by atoms with E-state index in [1.54, 1.807) is 30.3 Å². The van der Waals surface area contributed by atoms with Crippen LogP contribution in [-0.2, 0) is 30.4 Å². The van der Waals surface area contributed by atoms with Gasteiger partial charge in [-0.05, 0) is 30.4 Å². The van der Waals surface area contributed by atoms with E-state index in [-0.39, 0.29) is 25.8 Å². The van der Waals surface area contributed by atoms with Gasteiger partial charge < -0.3 is 32.5 Å². The molecule has 1 rings (SSSR count). The minimum atomic E-state index is -1.36. The molecule has 0 aliphatic carbocycles. The van der Waals surface area contributed by atoms with E-state index < -0.39 is 47.7 Å². The number of carboxylic acids is 1. The second-order valence-electron chi connectivity index (χ2n) is 7.26. The molecule has 0 bridgehead atoms. The third-order valence-electron chi connectivity index (χ3n) is 4.66. The first kappa shape index (κ1) is 27.9. The van der Waals surface area contributed by atoms with Crippen LogP contribution in [0.4, 0.5) is 0 Å². The van der Waals surface area contributed by atoms with Gasteiger partial charge in [0.05, 0.1) is 6.54 Å². The van der Waals surface area contributed by atoms with E-state index in [4.69, 9.17) is 11.5 Å². The second kappa shape index (κ2) is 14.9. The first-order valence-electron chi connectivity index (χ1n) is 10.3. The van der Waals surface area contributed by atoms with Crippen LogP contribution in [-0.4, -0.2) is 71.4 Å². The molecule has 3 unspecified atom stereocenters. The zero-order valence-corrected chi connectivity index (χ0v) is 19.2. The maximum absolute atomic E-state index is 12.9. The van der Waals surface area contributed by atoms with E-state index in [0.717, 1.165) is 5.56 Å². The van der Waals surface area contributed by atoms with Gasteiger partial charge in [0.25, 0.3) is 0 Å². The first-order chi connectivity index (χ1) is 15.7. The van der Waals surface area contributed by atoms with Gasteiger partial charge in [0.15, 0.2) is 0 Å². The summed E-state index contributed by atoms with van der Waals surface area (Å²) in [6, 6.07) is 5.45. The van der Waals surface area contributed by atoms with Crippen molar-refractivity contribution in [1.29, 1.82) is 0 Å². The lowest BCUT2D eigenvalue weighted by atomic mass is 10.0. The van der Waals surface area contributed by atoms with E-state index in [1.165, 1.54) is 11.8 Å². The number of aliphatic carboxylic acids is 1. The van der Waals surface area contributed by atoms with Gasteiger partial charge in [-0.2, -0.15) is 11.8 Å². The Balaban J connectivity index is 3.04. The van der Waals surface area contributed by atoms with Crippen molar-refractivity contribution in [2.75, 3.05) is 18.6 Å². The predicted molar refractivity (Wildman–Crippen MR) is 124 cm³/mol. The molecule has 0 spiro atoms. The molecule has 0 radical (unpaired) electrons. The number of hydrogen-bond donors (Lipinski definition) is 6. The average Bonchev–Trinajstić information content (AvgIpc) is 2.78. The fourth-order valence-corrected chi connectivity index (χ4v) is 3.38. The zero-order chi connectivity index (χ0) is 24.8. The van der Waals surface area contributed by atoms with Crippen molar-refractivity contribution in [1.82, 2.24) is 16.0 Å². The lowest BCUT2D eigenvalue weighted by Gasteiger charge is -2.24. The number of thioether (sulfide) groups is 1. The quantitative estimate of drug-likeness (QED) is 0.179. The van der Waals surface area contributed by atoms with Crippen molar-refractivity contribution in [3.63, 3.8) is 0 Å². The monoisotopic (exact) mass is 481 g/mol. The van der Waals surface area contributed by atoms with E-state index in [0.29, 0.717) is 12.2 Å². The van der Waals surface area contributed by atoms with E-state index in [1.807, 2.05) is 6.26 Å². The Bertz CT molecular complexity index is 823. The van der Waals surface area contributed by atoms with E-state index in [2.05, 4.69) is 16.0 Å². The number of carbonyl (C=O) groups is 5. The molecular weight excluding hydrogens is 450 g/mol. The SMILES string of the molecule is CSCCC(NC(=O)CN)C(=O)NC(Cc1ccccc1)C(=O)NC(CCC(N)=O)C(=O)O. The van der Waals surface area contributed by atoms with E-state index >= 15 is 0 Å². The number of carbonyl (C=O) groups excluding carboxylic acids is 4. The summed E-state index contributed by atoms with van der Waals surface area (Å²) in [5.74, 6) is -3.30. The average molecular weight is 482 g/mol. The lowest BCUT2D eigenvalue weighted by molar-refractivity contribution is -0.142. The maximum Gasteiger partial charge on any atom is 0.326 e. The first-order valence-corrected chi connectivity index (χ1v) is 11.7. The zero-order valence-electron chi connectivity index (χ0n) is 18.4. The van der Waals surface area contributed by atoms with Crippen molar-refractivity contribution >= 4 is 41.4 Å². The molecular formula is C21H31N5O6S. The summed E-state index contributed by atoms with van der Waals surface area (Å²) in [6.45, 7) is -0.295. The molecule has 0 heterocycles. The number of carboxylic acid groups (broad SMARTS) is 1. The lowest BCUT2D eigenvalue weighted by Crippen LogP contribution is -2.57. The predicted octanol–water partition coefficient (Wildman–Crippen LogP) is -1.25. The minimum Gasteiger partial charge on any atom is -0.480 e. The van der Waals surface area contributed by atoms with Crippen molar-refractivity contribution in [2.45, 2.75) is 43.8 Å². The van der Waals surface area contributed by atoms with Crippen LogP contribution >= 0.6 is 11.8 Å². The Labute approximate surface area is 196 Å². The van der Waals surface area contributed by atoms with Crippen LogP contribution < -0.4 is 27.4 Å². The molecule has 11 nitrogen and oxygen atoms in total. The van der Waals surface area contributed by atoms with Gasteiger partial charge in [-0.1, -0.05) is 30.3 Å². The fourth-order valence-electron chi connectivity index (χ4n) is 2.91. The summed E-state index contributed by atoms with van der Waals surface area (Å²) in [5.41, 5.74) is 11.1. The molecule has 0 aliphatic heterocycles. The number of rotatable bonds is 15. The molecule has 0 aliphatic rings. The molecule has 1 aromatic carbocycles. The normalized spacial score (nSPS) is 13.3. The number of amides is 4. The van der Waals surface area contributed by atoms with Crippen LogP contribution in [0.25, 0.3) is 0 Å². The third kappa shape index (κ3) is 10.8. The Hall–Kier alpha value is -3.12. The largest absolute Gasteiger partial charge is 0.480 e. The molecule has 12 heteroatoms. The van der Waals surface area contributed by atoms with Crippen LogP contribution in [0, 0.1) is 0 Å². The molecule has 3 atom stereocenters. The summed E-state index contributed by atoms with van der Waals surface area (Å²) in [7, 11) is 0. The van der Waals surface area contributed by atoms with Gasteiger partial charge in [0, 0.05) is 12.8 Å². The Morgan fingerprint density at radius 2 is 1.55 bits per heavy atom. The van der Waals surface area contributed by atoms with Crippen LogP contribution in [0.3, 0.4) is 0 Å². The molecule has 4 amide bonds. The highest BCUT2D eigenvalue weighted by atomic mass is 32.2. The summed E-state index contributed by atoms with van der Waals surface area (Å²) in [4.78, 5) is 60.1. The van der Waals surface area contributed by atoms with Crippen molar-refractivity contribution in [3.8, 4) is 0 Å². The Morgan fingerprint density at radius 1 is 0.939 bits per heavy atom. The van der Waals surface area contributed by atoms with Gasteiger partial charge in [-0.3, -0.25) is 19.2 Å². The number of nitrogens with one attached hydrogen (secondary N) is 3. The van der Waals surface area contributed by atoms with Gasteiger partial charge in [0.2, 0.25) is 23.6 Å². The van der Waals surface area contributed by atoms with Crippen LogP contribution in [0.2, 0.25) is 0 Å². The molecule has 0 saturated heterocycles. The molecule has 33 heavy (non-hydrogen) atoms. The van der Waals surface area contributed by atoms with Gasteiger partial charge in [-0.25, -0.2) is 4.79 Å². The molecule has 0 saturated carbocycles. The summed E-state index contributed by atoms with van der Waals surface area (Å²) < 4.78 is 0. The highest BCUT2D eigenvalue weighted by molar-refractivity contribution is 7.98. The highest BCUT2D eigenvalue weighted by Crippen LogP contribution is 2.07. The van der Waals surface area contributed by atoms with Crippen molar-refractivity contribution in [3.05, 3.63) is 35.9 Å². The number of primary amides is 1. The molecule has 0 fully saturated rings.